The van der Waals surface area contributed by atoms with E-state index in [1.807, 2.05) is 26.0 Å². The summed E-state index contributed by atoms with van der Waals surface area (Å²) in [5.74, 6) is 1.40. The summed E-state index contributed by atoms with van der Waals surface area (Å²) in [4.78, 5) is 12.2. The van der Waals surface area contributed by atoms with Crippen LogP contribution in [0.4, 0.5) is 0 Å². The van der Waals surface area contributed by atoms with E-state index in [0.717, 1.165) is 16.7 Å². The van der Waals surface area contributed by atoms with Crippen molar-refractivity contribution >= 4 is 5.91 Å². The molecular formula is C20H23NO3. The minimum absolute atomic E-state index is 0.0210. The lowest BCUT2D eigenvalue weighted by Crippen LogP contribution is -2.36. The molecule has 126 valence electrons. The van der Waals surface area contributed by atoms with Gasteiger partial charge in [-0.05, 0) is 49.6 Å². The fourth-order valence-electron chi connectivity index (χ4n) is 3.03. The highest BCUT2D eigenvalue weighted by atomic mass is 16.5. The molecule has 0 aromatic heterocycles. The Balaban J connectivity index is 2.09. The van der Waals surface area contributed by atoms with Gasteiger partial charge in [0.1, 0.15) is 0 Å². The summed E-state index contributed by atoms with van der Waals surface area (Å²) in [6.07, 6.45) is 0.406. The molecule has 1 unspecified atom stereocenters. The van der Waals surface area contributed by atoms with Crippen LogP contribution in [0.5, 0.6) is 11.5 Å². The lowest BCUT2D eigenvalue weighted by molar-refractivity contribution is -0.121. The van der Waals surface area contributed by atoms with Gasteiger partial charge in [-0.2, -0.15) is 0 Å². The molecule has 0 aliphatic carbocycles. The number of benzene rings is 2. The van der Waals surface area contributed by atoms with Gasteiger partial charge in [-0.1, -0.05) is 29.8 Å². The fraction of sp³-hybridized carbons (Fsp3) is 0.350. The molecule has 1 atom stereocenters. The standard InChI is InChI=1S/C20H23NO3/c1-12(2)24-18-11-16-15(9-17(18)23-4)10-19(22)21-20(16)14-7-5-13(3)6-8-14/h5-9,11-12,20H,10H2,1-4H3,(H,21,22). The molecule has 1 N–H and O–H groups in total. The van der Waals surface area contributed by atoms with Crippen molar-refractivity contribution in [2.75, 3.05) is 7.11 Å². The van der Waals surface area contributed by atoms with E-state index in [0.29, 0.717) is 17.9 Å². The van der Waals surface area contributed by atoms with Crippen LogP contribution in [0.25, 0.3) is 0 Å². The lowest BCUT2D eigenvalue weighted by Gasteiger charge is -2.28. The van der Waals surface area contributed by atoms with Gasteiger partial charge >= 0.3 is 0 Å². The van der Waals surface area contributed by atoms with Crippen molar-refractivity contribution in [2.45, 2.75) is 39.3 Å². The maximum atomic E-state index is 12.2. The number of fused-ring (bicyclic) bond motifs is 1. The monoisotopic (exact) mass is 325 g/mol. The second kappa shape index (κ2) is 6.56. The molecule has 1 amide bonds. The number of ether oxygens (including phenoxy) is 2. The number of carbonyl (C=O) groups excluding carboxylic acids is 1. The van der Waals surface area contributed by atoms with E-state index in [4.69, 9.17) is 9.47 Å². The predicted octanol–water partition coefficient (Wildman–Crippen LogP) is 3.55. The summed E-state index contributed by atoms with van der Waals surface area (Å²) in [5.41, 5.74) is 4.31. The zero-order valence-corrected chi connectivity index (χ0v) is 14.6. The van der Waals surface area contributed by atoms with Crippen molar-refractivity contribution in [3.8, 4) is 11.5 Å². The van der Waals surface area contributed by atoms with E-state index in [1.165, 1.54) is 5.56 Å². The first-order chi connectivity index (χ1) is 11.5. The van der Waals surface area contributed by atoms with Crippen LogP contribution >= 0.6 is 0 Å². The summed E-state index contributed by atoms with van der Waals surface area (Å²) < 4.78 is 11.3. The van der Waals surface area contributed by atoms with Crippen molar-refractivity contribution in [1.29, 1.82) is 0 Å². The van der Waals surface area contributed by atoms with Crippen LogP contribution in [0.1, 0.15) is 42.1 Å². The summed E-state index contributed by atoms with van der Waals surface area (Å²) >= 11 is 0. The highest BCUT2D eigenvalue weighted by Gasteiger charge is 2.28. The smallest absolute Gasteiger partial charge is 0.225 e. The van der Waals surface area contributed by atoms with Crippen LogP contribution < -0.4 is 14.8 Å². The summed E-state index contributed by atoms with van der Waals surface area (Å²) in [6.45, 7) is 6.02. The van der Waals surface area contributed by atoms with Crippen LogP contribution in [0.2, 0.25) is 0 Å². The van der Waals surface area contributed by atoms with Gasteiger partial charge < -0.3 is 14.8 Å². The normalized spacial score (nSPS) is 16.5. The first-order valence-electron chi connectivity index (χ1n) is 8.21. The van der Waals surface area contributed by atoms with Gasteiger partial charge in [0.2, 0.25) is 5.91 Å². The fourth-order valence-corrected chi connectivity index (χ4v) is 3.03. The average molecular weight is 325 g/mol. The van der Waals surface area contributed by atoms with Crippen molar-refractivity contribution in [2.24, 2.45) is 0 Å². The van der Waals surface area contributed by atoms with E-state index in [1.54, 1.807) is 7.11 Å². The molecule has 4 heteroatoms. The lowest BCUT2D eigenvalue weighted by atomic mass is 9.89. The molecule has 4 nitrogen and oxygen atoms in total. The minimum atomic E-state index is -0.165. The third-order valence-electron chi connectivity index (χ3n) is 4.17. The Hall–Kier alpha value is -2.49. The molecule has 0 bridgehead atoms. The number of carbonyl (C=O) groups is 1. The Morgan fingerprint density at radius 3 is 2.46 bits per heavy atom. The second-order valence-electron chi connectivity index (χ2n) is 6.46. The van der Waals surface area contributed by atoms with E-state index in [-0.39, 0.29) is 18.1 Å². The molecule has 0 saturated carbocycles. The second-order valence-corrected chi connectivity index (χ2v) is 6.46. The number of aryl methyl sites for hydroxylation is 1. The Bertz CT molecular complexity index is 750. The number of nitrogens with one attached hydrogen (secondary N) is 1. The Kier molecular flexibility index (Phi) is 4.47. The molecular weight excluding hydrogens is 302 g/mol. The first-order valence-corrected chi connectivity index (χ1v) is 8.21. The quantitative estimate of drug-likeness (QED) is 0.935. The van der Waals surface area contributed by atoms with Gasteiger partial charge in [0, 0.05) is 0 Å². The summed E-state index contributed by atoms with van der Waals surface area (Å²) in [6, 6.07) is 12.0. The molecule has 2 aromatic carbocycles. The Morgan fingerprint density at radius 2 is 1.83 bits per heavy atom. The Morgan fingerprint density at radius 1 is 1.12 bits per heavy atom. The number of methoxy groups -OCH3 is 1. The maximum Gasteiger partial charge on any atom is 0.225 e. The van der Waals surface area contributed by atoms with E-state index < -0.39 is 0 Å². The highest BCUT2D eigenvalue weighted by molar-refractivity contribution is 5.82. The van der Waals surface area contributed by atoms with E-state index in [9.17, 15) is 4.79 Å². The van der Waals surface area contributed by atoms with Crippen molar-refractivity contribution in [3.63, 3.8) is 0 Å². The van der Waals surface area contributed by atoms with Crippen LogP contribution in [-0.2, 0) is 11.2 Å². The van der Waals surface area contributed by atoms with Gasteiger partial charge in [-0.15, -0.1) is 0 Å². The molecule has 0 saturated heterocycles. The van der Waals surface area contributed by atoms with E-state index >= 15 is 0 Å². The van der Waals surface area contributed by atoms with Crippen LogP contribution in [-0.4, -0.2) is 19.1 Å². The van der Waals surface area contributed by atoms with Crippen molar-refractivity contribution in [3.05, 3.63) is 58.7 Å². The molecule has 24 heavy (non-hydrogen) atoms. The molecule has 0 spiro atoms. The van der Waals surface area contributed by atoms with Gasteiger partial charge in [-0.25, -0.2) is 0 Å². The topological polar surface area (TPSA) is 47.6 Å². The number of rotatable bonds is 4. The molecule has 1 aliphatic rings. The van der Waals surface area contributed by atoms with Crippen LogP contribution in [0, 0.1) is 6.92 Å². The average Bonchev–Trinajstić information content (AvgIpc) is 2.54. The number of amides is 1. The number of hydrogen-bond donors (Lipinski definition) is 1. The van der Waals surface area contributed by atoms with Gasteiger partial charge in [-0.3, -0.25) is 4.79 Å². The van der Waals surface area contributed by atoms with Crippen molar-refractivity contribution in [1.82, 2.24) is 5.32 Å². The third kappa shape index (κ3) is 3.23. The van der Waals surface area contributed by atoms with Crippen molar-refractivity contribution < 1.29 is 14.3 Å². The minimum Gasteiger partial charge on any atom is -0.493 e. The molecule has 2 aromatic rings. The van der Waals surface area contributed by atoms with Gasteiger partial charge in [0.15, 0.2) is 11.5 Å². The molecule has 3 rings (SSSR count). The zero-order chi connectivity index (χ0) is 17.3. The van der Waals surface area contributed by atoms with Gasteiger partial charge in [0.05, 0.1) is 25.7 Å². The van der Waals surface area contributed by atoms with Crippen LogP contribution in [0.3, 0.4) is 0 Å². The van der Waals surface area contributed by atoms with Crippen LogP contribution in [0.15, 0.2) is 36.4 Å². The number of hydrogen-bond acceptors (Lipinski definition) is 3. The SMILES string of the molecule is COc1cc2c(cc1OC(C)C)C(c1ccc(C)cc1)NC(=O)C2. The van der Waals surface area contributed by atoms with E-state index in [2.05, 4.69) is 36.5 Å². The molecule has 0 fully saturated rings. The largest absolute Gasteiger partial charge is 0.493 e. The molecule has 0 radical (unpaired) electrons. The van der Waals surface area contributed by atoms with Gasteiger partial charge in [0.25, 0.3) is 0 Å². The molecule has 1 aliphatic heterocycles. The summed E-state index contributed by atoms with van der Waals surface area (Å²) in [7, 11) is 1.62. The maximum absolute atomic E-state index is 12.2. The zero-order valence-electron chi connectivity index (χ0n) is 14.6. The predicted molar refractivity (Wildman–Crippen MR) is 93.6 cm³/mol. The molecule has 1 heterocycles. The highest BCUT2D eigenvalue weighted by Crippen LogP contribution is 2.38. The third-order valence-corrected chi connectivity index (χ3v) is 4.17. The summed E-state index contributed by atoms with van der Waals surface area (Å²) in [5, 5.41) is 3.09. The Labute approximate surface area is 142 Å². The first kappa shape index (κ1) is 16.4.